The molecule has 0 aliphatic heterocycles. The van der Waals surface area contributed by atoms with Crippen LogP contribution in [0.5, 0.6) is 0 Å². The highest BCUT2D eigenvalue weighted by Crippen LogP contribution is 2.15. The van der Waals surface area contributed by atoms with E-state index in [2.05, 4.69) is 20.4 Å². The molecule has 0 atom stereocenters. The summed E-state index contributed by atoms with van der Waals surface area (Å²) >= 11 is 0. The van der Waals surface area contributed by atoms with Crippen molar-refractivity contribution in [2.24, 2.45) is 0 Å². The van der Waals surface area contributed by atoms with Crippen LogP contribution in [0.15, 0.2) is 67.0 Å². The van der Waals surface area contributed by atoms with E-state index in [-0.39, 0.29) is 16.7 Å². The Kier molecular flexibility index (Phi) is 5.94. The van der Waals surface area contributed by atoms with Crippen molar-refractivity contribution in [1.82, 2.24) is 4.98 Å². The molecule has 0 bridgehead atoms. The van der Waals surface area contributed by atoms with Crippen LogP contribution < -0.4 is 10.6 Å². The Morgan fingerprint density at radius 1 is 0.828 bits per heavy atom. The molecule has 1 aromatic heterocycles. The molecule has 7 nitrogen and oxygen atoms in total. The Labute approximate surface area is 165 Å². The van der Waals surface area contributed by atoms with E-state index in [1.165, 1.54) is 55.9 Å². The second-order valence-electron chi connectivity index (χ2n) is 5.95. The average molecular weight is 393 g/mol. The van der Waals surface area contributed by atoms with Gasteiger partial charge in [0.1, 0.15) is 5.82 Å². The van der Waals surface area contributed by atoms with Gasteiger partial charge in [-0.2, -0.15) is 0 Å². The molecule has 146 valence electrons. The van der Waals surface area contributed by atoms with Crippen molar-refractivity contribution in [2.45, 2.75) is 0 Å². The molecule has 0 aliphatic carbocycles. The van der Waals surface area contributed by atoms with Crippen molar-refractivity contribution in [1.29, 1.82) is 0 Å². The fourth-order valence-electron chi connectivity index (χ4n) is 2.47. The maximum atomic E-state index is 13.0. The fourth-order valence-corrected chi connectivity index (χ4v) is 2.47. The maximum absolute atomic E-state index is 13.0. The highest BCUT2D eigenvalue weighted by Gasteiger charge is 2.13. The van der Waals surface area contributed by atoms with Crippen LogP contribution in [0.25, 0.3) is 0 Å². The third kappa shape index (κ3) is 5.01. The van der Waals surface area contributed by atoms with E-state index in [0.717, 1.165) is 0 Å². The van der Waals surface area contributed by atoms with Crippen LogP contribution in [0.3, 0.4) is 0 Å². The van der Waals surface area contributed by atoms with Crippen LogP contribution in [-0.4, -0.2) is 29.9 Å². The summed E-state index contributed by atoms with van der Waals surface area (Å²) in [5.74, 6) is -1.94. The van der Waals surface area contributed by atoms with Crippen molar-refractivity contribution in [2.75, 3.05) is 17.7 Å². The minimum absolute atomic E-state index is 0.153. The zero-order valence-electron chi connectivity index (χ0n) is 15.3. The molecule has 0 spiro atoms. The monoisotopic (exact) mass is 393 g/mol. The van der Waals surface area contributed by atoms with Gasteiger partial charge in [0, 0.05) is 23.8 Å². The summed E-state index contributed by atoms with van der Waals surface area (Å²) in [6, 6.07) is 12.9. The van der Waals surface area contributed by atoms with Gasteiger partial charge in [0.2, 0.25) is 0 Å². The molecule has 2 N–H and O–H groups in total. The molecule has 3 rings (SSSR count). The molecule has 1 heterocycles. The zero-order chi connectivity index (χ0) is 20.8. The van der Waals surface area contributed by atoms with Gasteiger partial charge in [0.15, 0.2) is 0 Å². The van der Waals surface area contributed by atoms with Crippen LogP contribution in [-0.2, 0) is 4.74 Å². The third-order valence-corrected chi connectivity index (χ3v) is 3.91. The van der Waals surface area contributed by atoms with Crippen LogP contribution in [0.2, 0.25) is 0 Å². The van der Waals surface area contributed by atoms with E-state index in [9.17, 15) is 18.8 Å². The van der Waals surface area contributed by atoms with Gasteiger partial charge in [-0.3, -0.25) is 14.6 Å². The van der Waals surface area contributed by atoms with Crippen molar-refractivity contribution < 1.29 is 23.5 Å². The van der Waals surface area contributed by atoms with Crippen molar-refractivity contribution in [3.05, 3.63) is 89.5 Å². The van der Waals surface area contributed by atoms with Crippen molar-refractivity contribution >= 4 is 29.2 Å². The first-order chi connectivity index (χ1) is 14.0. The number of rotatable bonds is 5. The first kappa shape index (κ1) is 19.7. The lowest BCUT2D eigenvalue weighted by molar-refractivity contribution is 0.0600. The minimum Gasteiger partial charge on any atom is -0.465 e. The van der Waals surface area contributed by atoms with Gasteiger partial charge in [-0.1, -0.05) is 6.07 Å². The minimum atomic E-state index is -0.526. The van der Waals surface area contributed by atoms with E-state index in [1.54, 1.807) is 18.2 Å². The number of ether oxygens (including phenoxy) is 1. The van der Waals surface area contributed by atoms with Gasteiger partial charge in [-0.25, -0.2) is 9.18 Å². The van der Waals surface area contributed by atoms with E-state index in [0.29, 0.717) is 11.4 Å². The fraction of sp³-hybridized carbons (Fsp3) is 0.0476. The second kappa shape index (κ2) is 8.75. The number of esters is 1. The van der Waals surface area contributed by atoms with Crippen LogP contribution in [0.1, 0.15) is 31.1 Å². The predicted molar refractivity (Wildman–Crippen MR) is 104 cm³/mol. The molecular formula is C21H16FN3O4. The van der Waals surface area contributed by atoms with Gasteiger partial charge in [0.05, 0.1) is 23.8 Å². The number of nitrogens with one attached hydrogen (secondary N) is 2. The molecule has 2 aromatic carbocycles. The number of nitrogens with zero attached hydrogens (tertiary/aromatic N) is 1. The van der Waals surface area contributed by atoms with E-state index in [4.69, 9.17) is 0 Å². The SMILES string of the molecule is COC(=O)c1cccc(NC(=O)c2cncc(C(=O)Nc3ccc(F)cc3)c2)c1. The summed E-state index contributed by atoms with van der Waals surface area (Å²) in [6.45, 7) is 0. The molecule has 0 aliphatic rings. The number of carbonyl (C=O) groups is 3. The Morgan fingerprint density at radius 2 is 1.45 bits per heavy atom. The van der Waals surface area contributed by atoms with Crippen LogP contribution in [0, 0.1) is 5.82 Å². The normalized spacial score (nSPS) is 10.1. The second-order valence-corrected chi connectivity index (χ2v) is 5.95. The lowest BCUT2D eigenvalue weighted by atomic mass is 10.1. The molecule has 0 fully saturated rings. The number of aromatic nitrogens is 1. The lowest BCUT2D eigenvalue weighted by Gasteiger charge is -2.08. The molecule has 0 unspecified atom stereocenters. The van der Waals surface area contributed by atoms with Gasteiger partial charge in [-0.05, 0) is 48.5 Å². The molecule has 0 radical (unpaired) electrons. The van der Waals surface area contributed by atoms with Crippen LogP contribution >= 0.6 is 0 Å². The summed E-state index contributed by atoms with van der Waals surface area (Å²) in [4.78, 5) is 40.4. The standard InChI is InChI=1S/C21H16FN3O4/c1-29-21(28)13-3-2-4-18(10-13)25-20(27)15-9-14(11-23-12-15)19(26)24-17-7-5-16(22)6-8-17/h2-12H,1H3,(H,24,26)(H,25,27). The number of halogens is 1. The molecule has 3 aromatic rings. The van der Waals surface area contributed by atoms with E-state index in [1.807, 2.05) is 0 Å². The number of benzene rings is 2. The quantitative estimate of drug-likeness (QED) is 0.647. The third-order valence-electron chi connectivity index (χ3n) is 3.91. The van der Waals surface area contributed by atoms with Gasteiger partial charge in [0.25, 0.3) is 11.8 Å². The number of pyridine rings is 1. The summed E-state index contributed by atoms with van der Waals surface area (Å²) in [7, 11) is 1.27. The van der Waals surface area contributed by atoms with Crippen molar-refractivity contribution in [3.8, 4) is 0 Å². The summed E-state index contributed by atoms with van der Waals surface area (Å²) in [5, 5.41) is 5.24. The summed E-state index contributed by atoms with van der Waals surface area (Å²) < 4.78 is 17.6. The summed E-state index contributed by atoms with van der Waals surface area (Å²) in [6.07, 6.45) is 2.63. The predicted octanol–water partition coefficient (Wildman–Crippen LogP) is 3.51. The van der Waals surface area contributed by atoms with Gasteiger partial charge >= 0.3 is 5.97 Å². The largest absolute Gasteiger partial charge is 0.465 e. The molecule has 8 heteroatoms. The number of hydrogen-bond acceptors (Lipinski definition) is 5. The molecule has 0 saturated heterocycles. The molecule has 2 amide bonds. The van der Waals surface area contributed by atoms with Crippen LogP contribution in [0.4, 0.5) is 15.8 Å². The van der Waals surface area contributed by atoms with Gasteiger partial charge in [-0.15, -0.1) is 0 Å². The van der Waals surface area contributed by atoms with E-state index >= 15 is 0 Å². The Hall–Kier alpha value is -4.07. The Morgan fingerprint density at radius 3 is 2.07 bits per heavy atom. The first-order valence-electron chi connectivity index (χ1n) is 8.48. The average Bonchev–Trinajstić information content (AvgIpc) is 2.75. The summed E-state index contributed by atoms with van der Waals surface area (Å²) in [5.41, 5.74) is 1.39. The number of methoxy groups -OCH3 is 1. The van der Waals surface area contributed by atoms with E-state index < -0.39 is 23.6 Å². The number of carbonyl (C=O) groups excluding carboxylic acids is 3. The highest BCUT2D eigenvalue weighted by molar-refractivity contribution is 6.08. The molecule has 29 heavy (non-hydrogen) atoms. The van der Waals surface area contributed by atoms with Gasteiger partial charge < -0.3 is 15.4 Å². The lowest BCUT2D eigenvalue weighted by Crippen LogP contribution is -2.16. The zero-order valence-corrected chi connectivity index (χ0v) is 15.3. The van der Waals surface area contributed by atoms with Crippen molar-refractivity contribution in [3.63, 3.8) is 0 Å². The first-order valence-corrected chi connectivity index (χ1v) is 8.48. The topological polar surface area (TPSA) is 97.4 Å². The Balaban J connectivity index is 1.73. The number of anilines is 2. The Bertz CT molecular complexity index is 1070. The number of amides is 2. The maximum Gasteiger partial charge on any atom is 0.337 e. The molecular weight excluding hydrogens is 377 g/mol. The molecule has 0 saturated carbocycles. The highest BCUT2D eigenvalue weighted by atomic mass is 19.1. The number of hydrogen-bond donors (Lipinski definition) is 2. The smallest absolute Gasteiger partial charge is 0.337 e.